The van der Waals surface area contributed by atoms with Gasteiger partial charge in [0, 0.05) is 31.3 Å². The molecule has 1 aliphatic rings. The van der Waals surface area contributed by atoms with Gasteiger partial charge < -0.3 is 4.90 Å². The molecule has 2 aromatic heterocycles. The van der Waals surface area contributed by atoms with Crippen LogP contribution in [-0.4, -0.2) is 20.9 Å². The molecule has 0 aromatic carbocycles. The Labute approximate surface area is 119 Å². The Hall–Kier alpha value is -1.71. The third-order valence-electron chi connectivity index (χ3n) is 3.09. The summed E-state index contributed by atoms with van der Waals surface area (Å²) in [6.07, 6.45) is 2.71. The van der Waals surface area contributed by atoms with Gasteiger partial charge in [-0.1, -0.05) is 11.6 Å². The molecule has 2 aromatic rings. The van der Waals surface area contributed by atoms with Gasteiger partial charge >= 0.3 is 0 Å². The Bertz CT molecular complexity index is 675. The summed E-state index contributed by atoms with van der Waals surface area (Å²) in [6.45, 7) is 3.41. The van der Waals surface area contributed by atoms with Crippen molar-refractivity contribution in [3.8, 4) is 6.07 Å². The molecule has 0 unspecified atom stereocenters. The van der Waals surface area contributed by atoms with E-state index < -0.39 is 0 Å². The minimum Gasteiger partial charge on any atom is -0.356 e. The number of halogens is 1. The number of hydrogen-bond donors (Lipinski definition) is 0. The number of anilines is 1. The SMILES string of the molecule is Cc1ncc2c(n1)CCN(c1snc(Cl)c1C#N)C2. The summed E-state index contributed by atoms with van der Waals surface area (Å²) in [7, 11) is 0. The fourth-order valence-corrected chi connectivity index (χ4v) is 3.22. The van der Waals surface area contributed by atoms with E-state index in [1.807, 2.05) is 13.1 Å². The van der Waals surface area contributed by atoms with Gasteiger partial charge in [0.2, 0.25) is 0 Å². The third kappa shape index (κ3) is 2.15. The van der Waals surface area contributed by atoms with E-state index in [0.717, 1.165) is 35.0 Å². The summed E-state index contributed by atoms with van der Waals surface area (Å²) in [6, 6.07) is 2.12. The zero-order valence-corrected chi connectivity index (χ0v) is 11.8. The largest absolute Gasteiger partial charge is 0.356 e. The average Bonchev–Trinajstić information content (AvgIpc) is 2.79. The van der Waals surface area contributed by atoms with E-state index in [1.165, 1.54) is 11.5 Å². The Kier molecular flexibility index (Phi) is 3.09. The van der Waals surface area contributed by atoms with Crippen molar-refractivity contribution in [2.75, 3.05) is 11.4 Å². The zero-order chi connectivity index (χ0) is 13.4. The van der Waals surface area contributed by atoms with Crippen molar-refractivity contribution in [3.63, 3.8) is 0 Å². The highest BCUT2D eigenvalue weighted by molar-refractivity contribution is 7.10. The summed E-state index contributed by atoms with van der Waals surface area (Å²) in [5.41, 5.74) is 2.66. The molecule has 0 aliphatic carbocycles. The quantitative estimate of drug-likeness (QED) is 0.807. The van der Waals surface area contributed by atoms with Gasteiger partial charge in [-0.15, -0.1) is 0 Å². The number of hydrogen-bond acceptors (Lipinski definition) is 6. The molecule has 0 atom stereocenters. The lowest BCUT2D eigenvalue weighted by atomic mass is 10.1. The van der Waals surface area contributed by atoms with Gasteiger partial charge in [-0.2, -0.15) is 9.64 Å². The van der Waals surface area contributed by atoms with Crippen LogP contribution in [0.4, 0.5) is 5.00 Å². The highest BCUT2D eigenvalue weighted by atomic mass is 35.5. The lowest BCUT2D eigenvalue weighted by Gasteiger charge is -2.28. The fourth-order valence-electron chi connectivity index (χ4n) is 2.16. The molecule has 0 saturated heterocycles. The molecule has 0 amide bonds. The van der Waals surface area contributed by atoms with Crippen molar-refractivity contribution < 1.29 is 0 Å². The molecular formula is C12H10ClN5S. The van der Waals surface area contributed by atoms with Crippen LogP contribution in [0.15, 0.2) is 6.20 Å². The van der Waals surface area contributed by atoms with Crippen LogP contribution in [-0.2, 0) is 13.0 Å². The van der Waals surface area contributed by atoms with E-state index in [4.69, 9.17) is 16.9 Å². The van der Waals surface area contributed by atoms with Crippen molar-refractivity contribution in [3.05, 3.63) is 34.0 Å². The van der Waals surface area contributed by atoms with E-state index in [-0.39, 0.29) is 5.15 Å². The molecule has 0 fully saturated rings. The van der Waals surface area contributed by atoms with Crippen LogP contribution in [0.1, 0.15) is 22.6 Å². The summed E-state index contributed by atoms with van der Waals surface area (Å²) >= 11 is 7.18. The van der Waals surface area contributed by atoms with Gasteiger partial charge in [0.25, 0.3) is 0 Å². The molecule has 5 nitrogen and oxygen atoms in total. The van der Waals surface area contributed by atoms with E-state index in [9.17, 15) is 0 Å². The second-order valence-corrected chi connectivity index (χ2v) is 5.44. The minimum atomic E-state index is 0.286. The molecule has 3 rings (SSSR count). The zero-order valence-electron chi connectivity index (χ0n) is 10.2. The predicted molar refractivity (Wildman–Crippen MR) is 73.4 cm³/mol. The summed E-state index contributed by atoms with van der Waals surface area (Å²) in [5, 5.41) is 10.2. The molecule has 0 saturated carbocycles. The van der Waals surface area contributed by atoms with Crippen molar-refractivity contribution in [2.45, 2.75) is 19.9 Å². The molecule has 0 N–H and O–H groups in total. The number of nitrogens with zero attached hydrogens (tertiary/aromatic N) is 5. The smallest absolute Gasteiger partial charge is 0.162 e. The van der Waals surface area contributed by atoms with Crippen LogP contribution >= 0.6 is 23.1 Å². The molecule has 0 radical (unpaired) electrons. The van der Waals surface area contributed by atoms with Gasteiger partial charge in [0.15, 0.2) is 5.15 Å². The molecule has 96 valence electrons. The molecule has 3 heterocycles. The molecule has 0 bridgehead atoms. The first-order valence-corrected chi connectivity index (χ1v) is 6.96. The number of rotatable bonds is 1. The number of aromatic nitrogens is 3. The molecule has 7 heteroatoms. The number of nitriles is 1. The van der Waals surface area contributed by atoms with E-state index in [0.29, 0.717) is 12.1 Å². The summed E-state index contributed by atoms with van der Waals surface area (Å²) < 4.78 is 4.04. The van der Waals surface area contributed by atoms with Crippen LogP contribution in [0.3, 0.4) is 0 Å². The van der Waals surface area contributed by atoms with Crippen LogP contribution in [0.2, 0.25) is 5.15 Å². The monoisotopic (exact) mass is 291 g/mol. The van der Waals surface area contributed by atoms with Crippen molar-refractivity contribution in [1.82, 2.24) is 14.3 Å². The van der Waals surface area contributed by atoms with Crippen LogP contribution < -0.4 is 4.90 Å². The Balaban J connectivity index is 1.94. The van der Waals surface area contributed by atoms with Gasteiger partial charge in [-0.25, -0.2) is 9.97 Å². The lowest BCUT2D eigenvalue weighted by molar-refractivity contribution is 0.704. The minimum absolute atomic E-state index is 0.286. The third-order valence-corrected chi connectivity index (χ3v) is 4.37. The van der Waals surface area contributed by atoms with Gasteiger partial charge in [-0.3, -0.25) is 0 Å². The van der Waals surface area contributed by atoms with E-state index in [2.05, 4.69) is 25.3 Å². The first kappa shape index (κ1) is 12.3. The summed E-state index contributed by atoms with van der Waals surface area (Å²) in [5.74, 6) is 0.797. The predicted octanol–water partition coefficient (Wildman–Crippen LogP) is 2.33. The lowest BCUT2D eigenvalue weighted by Crippen LogP contribution is -2.31. The standard InChI is InChI=1S/C12H10ClN5S/c1-7-15-5-8-6-18(3-2-10(8)16-7)12-9(4-14)11(13)17-19-12/h5H,2-3,6H2,1H3. The second-order valence-electron chi connectivity index (χ2n) is 4.33. The molecule has 0 spiro atoms. The summed E-state index contributed by atoms with van der Waals surface area (Å²) in [4.78, 5) is 10.8. The van der Waals surface area contributed by atoms with Gasteiger partial charge in [-0.05, 0) is 18.5 Å². The Morgan fingerprint density at radius 3 is 3.16 bits per heavy atom. The van der Waals surface area contributed by atoms with Crippen molar-refractivity contribution in [1.29, 1.82) is 5.26 Å². The van der Waals surface area contributed by atoms with Gasteiger partial charge in [0.1, 0.15) is 22.5 Å². The maximum atomic E-state index is 9.13. The van der Waals surface area contributed by atoms with Crippen molar-refractivity contribution in [2.24, 2.45) is 0 Å². The highest BCUT2D eigenvalue weighted by Crippen LogP contribution is 2.33. The Morgan fingerprint density at radius 2 is 2.37 bits per heavy atom. The van der Waals surface area contributed by atoms with E-state index >= 15 is 0 Å². The first-order valence-electron chi connectivity index (χ1n) is 5.80. The van der Waals surface area contributed by atoms with E-state index in [1.54, 1.807) is 0 Å². The molecular weight excluding hydrogens is 282 g/mol. The number of aryl methyl sites for hydroxylation is 1. The average molecular weight is 292 g/mol. The Morgan fingerprint density at radius 1 is 1.53 bits per heavy atom. The first-order chi connectivity index (χ1) is 9.19. The maximum Gasteiger partial charge on any atom is 0.162 e. The van der Waals surface area contributed by atoms with Gasteiger partial charge in [0.05, 0.1) is 5.69 Å². The maximum absolute atomic E-state index is 9.13. The normalized spacial score (nSPS) is 14.1. The number of fused-ring (bicyclic) bond motifs is 1. The second kappa shape index (κ2) is 4.76. The van der Waals surface area contributed by atoms with Crippen LogP contribution in [0, 0.1) is 18.3 Å². The highest BCUT2D eigenvalue weighted by Gasteiger charge is 2.23. The van der Waals surface area contributed by atoms with Crippen LogP contribution in [0.5, 0.6) is 0 Å². The van der Waals surface area contributed by atoms with Crippen molar-refractivity contribution >= 4 is 28.1 Å². The van der Waals surface area contributed by atoms with Crippen LogP contribution in [0.25, 0.3) is 0 Å². The molecule has 19 heavy (non-hydrogen) atoms. The topological polar surface area (TPSA) is 65.7 Å². The fraction of sp³-hybridized carbons (Fsp3) is 0.333. The molecule has 1 aliphatic heterocycles.